The van der Waals surface area contributed by atoms with E-state index in [0.29, 0.717) is 0 Å². The molecule has 6 rings (SSSR count). The molecule has 3 aromatic heterocycles. The Kier molecular flexibility index (Phi) is 5.16. The Bertz CT molecular complexity index is 1410. The molecule has 0 spiro atoms. The third kappa shape index (κ3) is 4.03. The molecule has 1 aliphatic heterocycles. The molecule has 1 saturated heterocycles. The summed E-state index contributed by atoms with van der Waals surface area (Å²) >= 11 is 1.64. The molecule has 0 saturated carbocycles. The van der Waals surface area contributed by atoms with Gasteiger partial charge in [-0.05, 0) is 49.2 Å². The van der Waals surface area contributed by atoms with Crippen molar-refractivity contribution in [1.82, 2.24) is 19.9 Å². The highest BCUT2D eigenvalue weighted by molar-refractivity contribution is 7.13. The van der Waals surface area contributed by atoms with Gasteiger partial charge < -0.3 is 10.2 Å². The molecule has 1 aliphatic rings. The molecule has 1 fully saturated rings. The number of para-hydroxylation sites is 2. The molecule has 33 heavy (non-hydrogen) atoms. The third-order valence-electron chi connectivity index (χ3n) is 5.81. The van der Waals surface area contributed by atoms with E-state index in [0.717, 1.165) is 63.3 Å². The topological polar surface area (TPSA) is 66.8 Å². The molecule has 2 aromatic carbocycles. The Morgan fingerprint density at radius 2 is 1.58 bits per heavy atom. The van der Waals surface area contributed by atoms with Crippen molar-refractivity contribution in [2.24, 2.45) is 0 Å². The van der Waals surface area contributed by atoms with Gasteiger partial charge in [-0.2, -0.15) is 0 Å². The molecule has 5 aromatic rings. The van der Waals surface area contributed by atoms with Gasteiger partial charge in [-0.1, -0.05) is 24.3 Å². The van der Waals surface area contributed by atoms with Gasteiger partial charge in [0.15, 0.2) is 11.6 Å². The first-order chi connectivity index (χ1) is 16.3. The zero-order valence-electron chi connectivity index (χ0n) is 18.0. The lowest BCUT2D eigenvalue weighted by Gasteiger charge is -2.20. The van der Waals surface area contributed by atoms with Gasteiger partial charge in [0.25, 0.3) is 0 Å². The first-order valence-corrected chi connectivity index (χ1v) is 12.0. The van der Waals surface area contributed by atoms with Crippen LogP contribution in [0.2, 0.25) is 0 Å². The molecule has 6 nitrogen and oxygen atoms in total. The smallest absolute Gasteiger partial charge is 0.174 e. The molecule has 1 N–H and O–H groups in total. The minimum absolute atomic E-state index is 0.795. The van der Waals surface area contributed by atoms with Crippen LogP contribution < -0.4 is 10.2 Å². The van der Waals surface area contributed by atoms with Gasteiger partial charge in [0.1, 0.15) is 5.01 Å². The molecule has 0 radical (unpaired) electrons. The average molecular weight is 451 g/mol. The summed E-state index contributed by atoms with van der Waals surface area (Å²) in [7, 11) is 0. The van der Waals surface area contributed by atoms with Crippen LogP contribution in [-0.4, -0.2) is 33.0 Å². The SMILES string of the molecule is c1cc(Nc2nc3ccccc3nc2N2CCCC2)cc(-c2csc(-c3ccncc3)n2)c1. The fraction of sp³-hybridized carbons (Fsp3) is 0.154. The Morgan fingerprint density at radius 3 is 2.39 bits per heavy atom. The largest absolute Gasteiger partial charge is 0.354 e. The van der Waals surface area contributed by atoms with Gasteiger partial charge in [0, 0.05) is 47.7 Å². The quantitative estimate of drug-likeness (QED) is 0.346. The molecule has 0 atom stereocenters. The Labute approximate surface area is 196 Å². The number of hydrogen-bond donors (Lipinski definition) is 1. The number of nitrogens with zero attached hydrogens (tertiary/aromatic N) is 5. The minimum Gasteiger partial charge on any atom is -0.354 e. The molecule has 0 unspecified atom stereocenters. The van der Waals surface area contributed by atoms with Crippen molar-refractivity contribution in [3.8, 4) is 21.8 Å². The van der Waals surface area contributed by atoms with E-state index >= 15 is 0 Å². The third-order valence-corrected chi connectivity index (χ3v) is 6.70. The highest BCUT2D eigenvalue weighted by Gasteiger charge is 2.20. The predicted octanol–water partition coefficient (Wildman–Crippen LogP) is 6.16. The van der Waals surface area contributed by atoms with Crippen LogP contribution in [0.25, 0.3) is 32.9 Å². The van der Waals surface area contributed by atoms with Crippen molar-refractivity contribution in [3.63, 3.8) is 0 Å². The van der Waals surface area contributed by atoms with Crippen molar-refractivity contribution >= 4 is 39.7 Å². The van der Waals surface area contributed by atoms with Crippen molar-refractivity contribution in [1.29, 1.82) is 0 Å². The molecule has 0 aliphatic carbocycles. The van der Waals surface area contributed by atoms with E-state index in [1.54, 1.807) is 23.7 Å². The second-order valence-electron chi connectivity index (χ2n) is 8.06. The maximum absolute atomic E-state index is 4.96. The summed E-state index contributed by atoms with van der Waals surface area (Å²) in [5.74, 6) is 1.72. The summed E-state index contributed by atoms with van der Waals surface area (Å²) in [6, 6.07) is 20.3. The summed E-state index contributed by atoms with van der Waals surface area (Å²) in [5, 5.41) is 6.63. The van der Waals surface area contributed by atoms with Crippen LogP contribution in [0.1, 0.15) is 12.8 Å². The Morgan fingerprint density at radius 1 is 0.788 bits per heavy atom. The highest BCUT2D eigenvalue weighted by Crippen LogP contribution is 2.33. The lowest BCUT2D eigenvalue weighted by molar-refractivity contribution is 0.939. The summed E-state index contributed by atoms with van der Waals surface area (Å²) < 4.78 is 0. The summed E-state index contributed by atoms with van der Waals surface area (Å²) in [6.45, 7) is 2.02. The summed E-state index contributed by atoms with van der Waals surface area (Å²) in [5.41, 5.74) is 5.88. The number of benzene rings is 2. The van der Waals surface area contributed by atoms with Crippen LogP contribution in [0.3, 0.4) is 0 Å². The number of hydrogen-bond acceptors (Lipinski definition) is 7. The number of rotatable bonds is 5. The van der Waals surface area contributed by atoms with Crippen LogP contribution in [0, 0.1) is 0 Å². The van der Waals surface area contributed by atoms with E-state index < -0.39 is 0 Å². The molecule has 7 heteroatoms. The summed E-state index contributed by atoms with van der Waals surface area (Å²) in [6.07, 6.45) is 5.97. The normalized spacial score (nSPS) is 13.5. The van der Waals surface area contributed by atoms with Crippen LogP contribution in [-0.2, 0) is 0 Å². The van der Waals surface area contributed by atoms with Crippen LogP contribution >= 0.6 is 11.3 Å². The Balaban J connectivity index is 1.34. The number of pyridine rings is 1. The predicted molar refractivity (Wildman–Crippen MR) is 135 cm³/mol. The van der Waals surface area contributed by atoms with E-state index in [-0.39, 0.29) is 0 Å². The second kappa shape index (κ2) is 8.60. The molecule has 0 amide bonds. The lowest BCUT2D eigenvalue weighted by Crippen LogP contribution is -2.21. The van der Waals surface area contributed by atoms with Gasteiger partial charge in [-0.15, -0.1) is 11.3 Å². The van der Waals surface area contributed by atoms with Crippen molar-refractivity contribution < 1.29 is 0 Å². The van der Waals surface area contributed by atoms with Gasteiger partial charge >= 0.3 is 0 Å². The standard InChI is InChI=1S/C26H22N6S/c1-2-9-22-21(8-1)29-24(25(30-22)32-14-3-4-15-32)28-20-7-5-6-19(16-20)23-17-33-26(31-23)18-10-12-27-13-11-18/h1-2,5-13,16-17H,3-4,14-15H2,(H,28,29). The van der Waals surface area contributed by atoms with Crippen molar-refractivity contribution in [3.05, 3.63) is 78.4 Å². The van der Waals surface area contributed by atoms with E-state index in [2.05, 4.69) is 38.8 Å². The van der Waals surface area contributed by atoms with Gasteiger partial charge in [0.05, 0.1) is 16.7 Å². The fourth-order valence-corrected chi connectivity index (χ4v) is 4.99. The van der Waals surface area contributed by atoms with Gasteiger partial charge in [-0.3, -0.25) is 4.98 Å². The van der Waals surface area contributed by atoms with E-state index in [4.69, 9.17) is 15.0 Å². The van der Waals surface area contributed by atoms with E-state index in [1.807, 2.05) is 42.5 Å². The maximum atomic E-state index is 4.96. The lowest BCUT2D eigenvalue weighted by atomic mass is 10.1. The first-order valence-electron chi connectivity index (χ1n) is 11.1. The van der Waals surface area contributed by atoms with E-state index in [1.165, 1.54) is 12.8 Å². The molecule has 4 heterocycles. The number of thiazole rings is 1. The van der Waals surface area contributed by atoms with Gasteiger partial charge in [0.2, 0.25) is 0 Å². The fourth-order valence-electron chi connectivity index (χ4n) is 4.15. The molecule has 0 bridgehead atoms. The molecule has 162 valence electrons. The highest BCUT2D eigenvalue weighted by atomic mass is 32.1. The van der Waals surface area contributed by atoms with Crippen LogP contribution in [0.5, 0.6) is 0 Å². The van der Waals surface area contributed by atoms with Crippen LogP contribution in [0.15, 0.2) is 78.4 Å². The molecular formula is C26H22N6S. The Hall–Kier alpha value is -3.84. The molecular weight excluding hydrogens is 428 g/mol. The van der Waals surface area contributed by atoms with E-state index in [9.17, 15) is 0 Å². The van der Waals surface area contributed by atoms with Crippen LogP contribution in [0.4, 0.5) is 17.3 Å². The first kappa shape index (κ1) is 19.8. The minimum atomic E-state index is 0.795. The second-order valence-corrected chi connectivity index (χ2v) is 8.92. The van der Waals surface area contributed by atoms with Crippen molar-refractivity contribution in [2.75, 3.05) is 23.3 Å². The zero-order chi connectivity index (χ0) is 22.0. The maximum Gasteiger partial charge on any atom is 0.174 e. The number of nitrogens with one attached hydrogen (secondary N) is 1. The monoisotopic (exact) mass is 450 g/mol. The van der Waals surface area contributed by atoms with Crippen molar-refractivity contribution in [2.45, 2.75) is 12.8 Å². The zero-order valence-corrected chi connectivity index (χ0v) is 18.8. The average Bonchev–Trinajstić information content (AvgIpc) is 3.57. The summed E-state index contributed by atoms with van der Waals surface area (Å²) in [4.78, 5) is 21.2. The number of fused-ring (bicyclic) bond motifs is 1. The number of aromatic nitrogens is 4. The van der Waals surface area contributed by atoms with Gasteiger partial charge in [-0.25, -0.2) is 15.0 Å². The number of anilines is 3.